The number of hydrogen-bond acceptors (Lipinski definition) is 4. The summed E-state index contributed by atoms with van der Waals surface area (Å²) in [4.78, 5) is 13.4. The third-order valence-corrected chi connectivity index (χ3v) is 3.62. The Hall–Kier alpha value is -2.75. The first-order valence-electron chi connectivity index (χ1n) is 9.72. The first-order valence-corrected chi connectivity index (χ1v) is 9.72. The summed E-state index contributed by atoms with van der Waals surface area (Å²) in [6.45, 7) is 11.5. The topological polar surface area (TPSA) is 44.8 Å². The van der Waals surface area contributed by atoms with Crippen molar-refractivity contribution in [3.05, 3.63) is 65.4 Å². The van der Waals surface area contributed by atoms with E-state index in [1.54, 1.807) is 18.2 Å². The van der Waals surface area contributed by atoms with E-state index >= 15 is 0 Å². The highest BCUT2D eigenvalue weighted by Gasteiger charge is 2.23. The molecule has 28 heavy (non-hydrogen) atoms. The fourth-order valence-corrected chi connectivity index (χ4v) is 2.64. The van der Waals surface area contributed by atoms with E-state index in [2.05, 4.69) is 0 Å². The summed E-state index contributed by atoms with van der Waals surface area (Å²) in [7, 11) is 0. The first-order chi connectivity index (χ1) is 13.3. The molecule has 0 unspecified atom stereocenters. The van der Waals surface area contributed by atoms with Gasteiger partial charge in [0.05, 0.1) is 23.9 Å². The minimum Gasteiger partial charge on any atom is -0.487 e. The van der Waals surface area contributed by atoms with Crippen LogP contribution in [0.3, 0.4) is 0 Å². The van der Waals surface area contributed by atoms with Gasteiger partial charge in [0.15, 0.2) is 17.3 Å². The van der Waals surface area contributed by atoms with Gasteiger partial charge in [0.1, 0.15) is 0 Å². The fourth-order valence-electron chi connectivity index (χ4n) is 2.64. The van der Waals surface area contributed by atoms with Crippen molar-refractivity contribution in [3.63, 3.8) is 0 Å². The van der Waals surface area contributed by atoms with E-state index in [4.69, 9.17) is 14.2 Å². The Kier molecular flexibility index (Phi) is 7.68. The number of carbonyl (C=O) groups excluding carboxylic acids is 1. The molecule has 2 rings (SSSR count). The van der Waals surface area contributed by atoms with Gasteiger partial charge in [-0.05, 0) is 65.3 Å². The van der Waals surface area contributed by atoms with Crippen molar-refractivity contribution in [3.8, 4) is 11.5 Å². The predicted molar refractivity (Wildman–Crippen MR) is 113 cm³/mol. The average Bonchev–Trinajstić information content (AvgIpc) is 2.61. The summed E-state index contributed by atoms with van der Waals surface area (Å²) < 4.78 is 17.7. The van der Waals surface area contributed by atoms with Crippen molar-refractivity contribution in [1.29, 1.82) is 0 Å². The number of ketones is 1. The van der Waals surface area contributed by atoms with Gasteiger partial charge in [-0.2, -0.15) is 0 Å². The van der Waals surface area contributed by atoms with Crippen molar-refractivity contribution in [2.45, 2.75) is 59.9 Å². The molecule has 0 radical (unpaired) electrons. The van der Waals surface area contributed by atoms with Crippen molar-refractivity contribution in [2.24, 2.45) is 0 Å². The number of allylic oxidation sites excluding steroid dienone is 1. The number of ether oxygens (including phenoxy) is 3. The molecule has 0 saturated heterocycles. The maximum absolute atomic E-state index is 13.4. The average molecular weight is 383 g/mol. The fraction of sp³-hybridized carbons (Fsp3) is 0.375. The van der Waals surface area contributed by atoms with Crippen molar-refractivity contribution in [1.82, 2.24) is 0 Å². The lowest BCUT2D eigenvalue weighted by Crippen LogP contribution is -2.16. The Morgan fingerprint density at radius 1 is 0.786 bits per heavy atom. The molecule has 0 aliphatic rings. The van der Waals surface area contributed by atoms with Crippen LogP contribution in [0.5, 0.6) is 11.5 Å². The van der Waals surface area contributed by atoms with Crippen LogP contribution >= 0.6 is 0 Å². The number of rotatable bonds is 9. The van der Waals surface area contributed by atoms with E-state index in [-0.39, 0.29) is 29.9 Å². The van der Waals surface area contributed by atoms with Crippen molar-refractivity contribution < 1.29 is 19.0 Å². The number of hydrogen-bond donors (Lipinski definition) is 0. The second-order valence-corrected chi connectivity index (χ2v) is 7.38. The standard InChI is InChI=1S/C24H30O4/c1-16(2)26-21-14-10-13-20(24(21)28-18(5)6)23(25)22(27-17(3)4)15-19-11-8-7-9-12-19/h7-18H,1-6H3. The molecule has 0 aliphatic carbocycles. The highest BCUT2D eigenvalue weighted by Crippen LogP contribution is 2.35. The van der Waals surface area contributed by atoms with Crippen LogP contribution in [0.2, 0.25) is 0 Å². The van der Waals surface area contributed by atoms with Crippen molar-refractivity contribution >= 4 is 11.9 Å². The van der Waals surface area contributed by atoms with Gasteiger partial charge in [-0.3, -0.25) is 4.79 Å². The third kappa shape index (κ3) is 6.15. The maximum atomic E-state index is 13.4. The Morgan fingerprint density at radius 3 is 2.00 bits per heavy atom. The highest BCUT2D eigenvalue weighted by atomic mass is 16.5. The molecule has 2 aromatic carbocycles. The second kappa shape index (κ2) is 9.98. The van der Waals surface area contributed by atoms with E-state index < -0.39 is 0 Å². The van der Waals surface area contributed by atoms with Crippen molar-refractivity contribution in [2.75, 3.05) is 0 Å². The lowest BCUT2D eigenvalue weighted by atomic mass is 10.0. The van der Waals surface area contributed by atoms with E-state index in [0.717, 1.165) is 5.56 Å². The lowest BCUT2D eigenvalue weighted by molar-refractivity contribution is 0.0842. The lowest BCUT2D eigenvalue weighted by Gasteiger charge is -2.20. The molecule has 0 aliphatic heterocycles. The molecule has 0 spiro atoms. The highest BCUT2D eigenvalue weighted by molar-refractivity contribution is 6.12. The minimum atomic E-state index is -0.234. The quantitative estimate of drug-likeness (QED) is 0.307. The van der Waals surface area contributed by atoms with Crippen LogP contribution in [0.25, 0.3) is 6.08 Å². The maximum Gasteiger partial charge on any atom is 0.231 e. The van der Waals surface area contributed by atoms with Gasteiger partial charge in [-0.25, -0.2) is 0 Å². The number of para-hydroxylation sites is 1. The molecule has 0 heterocycles. The van der Waals surface area contributed by atoms with Crippen LogP contribution in [0.15, 0.2) is 54.3 Å². The van der Waals surface area contributed by atoms with E-state index in [0.29, 0.717) is 17.1 Å². The van der Waals surface area contributed by atoms with Gasteiger partial charge < -0.3 is 14.2 Å². The largest absolute Gasteiger partial charge is 0.487 e. The predicted octanol–water partition coefficient (Wildman–Crippen LogP) is 5.91. The molecule has 4 heteroatoms. The van der Waals surface area contributed by atoms with Gasteiger partial charge in [-0.15, -0.1) is 0 Å². The molecule has 0 aromatic heterocycles. The molecular weight excluding hydrogens is 352 g/mol. The van der Waals surface area contributed by atoms with Crippen LogP contribution in [0.1, 0.15) is 57.5 Å². The normalized spacial score (nSPS) is 11.8. The SMILES string of the molecule is CC(C)OC(=Cc1ccccc1)C(=O)c1cccc(OC(C)C)c1OC(C)C. The number of benzene rings is 2. The molecule has 2 aromatic rings. The molecule has 0 bridgehead atoms. The second-order valence-electron chi connectivity index (χ2n) is 7.38. The van der Waals surface area contributed by atoms with E-state index in [1.165, 1.54) is 0 Å². The van der Waals surface area contributed by atoms with Gasteiger partial charge in [-0.1, -0.05) is 36.4 Å². The smallest absolute Gasteiger partial charge is 0.231 e. The Labute approximate surface area is 168 Å². The van der Waals surface area contributed by atoms with E-state index in [1.807, 2.05) is 77.9 Å². The summed E-state index contributed by atoms with van der Waals surface area (Å²) in [6, 6.07) is 15.0. The number of carbonyl (C=O) groups is 1. The van der Waals surface area contributed by atoms with Crippen LogP contribution in [0.4, 0.5) is 0 Å². The van der Waals surface area contributed by atoms with Crippen LogP contribution in [0, 0.1) is 0 Å². The van der Waals surface area contributed by atoms with Crippen LogP contribution < -0.4 is 9.47 Å². The Morgan fingerprint density at radius 2 is 1.43 bits per heavy atom. The molecule has 0 fully saturated rings. The molecule has 0 N–H and O–H groups in total. The molecule has 4 nitrogen and oxygen atoms in total. The molecular formula is C24H30O4. The Balaban J connectivity index is 2.52. The third-order valence-electron chi connectivity index (χ3n) is 3.62. The van der Waals surface area contributed by atoms with Gasteiger partial charge in [0.2, 0.25) is 5.78 Å². The summed E-state index contributed by atoms with van der Waals surface area (Å²) in [6.07, 6.45) is 1.49. The van der Waals surface area contributed by atoms with Gasteiger partial charge >= 0.3 is 0 Å². The van der Waals surface area contributed by atoms with Gasteiger partial charge in [0, 0.05) is 0 Å². The zero-order valence-corrected chi connectivity index (χ0v) is 17.6. The summed E-state index contributed by atoms with van der Waals surface area (Å²) in [5, 5.41) is 0. The zero-order valence-electron chi connectivity index (χ0n) is 17.6. The number of Topliss-reactive ketones (excluding diaryl/α,β-unsaturated/α-hetero) is 1. The molecule has 0 saturated carbocycles. The first kappa shape index (κ1) is 21.5. The molecule has 0 atom stereocenters. The minimum absolute atomic E-state index is 0.0360. The summed E-state index contributed by atoms with van der Waals surface area (Å²) in [5.41, 5.74) is 1.32. The van der Waals surface area contributed by atoms with E-state index in [9.17, 15) is 4.79 Å². The van der Waals surface area contributed by atoms with Crippen LogP contribution in [-0.4, -0.2) is 24.1 Å². The van der Waals surface area contributed by atoms with Crippen LogP contribution in [-0.2, 0) is 4.74 Å². The summed E-state index contributed by atoms with van der Waals surface area (Å²) in [5.74, 6) is 1.04. The van der Waals surface area contributed by atoms with Gasteiger partial charge in [0.25, 0.3) is 0 Å². The Bertz CT molecular complexity index is 805. The monoisotopic (exact) mass is 382 g/mol. The molecule has 150 valence electrons. The molecule has 0 amide bonds. The zero-order chi connectivity index (χ0) is 20.7. The summed E-state index contributed by atoms with van der Waals surface area (Å²) >= 11 is 0.